The quantitative estimate of drug-likeness (QED) is 0.768. The van der Waals surface area contributed by atoms with Crippen molar-refractivity contribution in [2.75, 3.05) is 39.9 Å². The van der Waals surface area contributed by atoms with Crippen LogP contribution >= 0.6 is 11.3 Å². The fourth-order valence-corrected chi connectivity index (χ4v) is 4.63. The van der Waals surface area contributed by atoms with Gasteiger partial charge in [-0.3, -0.25) is 9.69 Å². The molecule has 2 aliphatic rings. The maximum Gasteiger partial charge on any atom is 0.490 e. The number of amides is 1. The average Bonchev–Trinajstić information content (AvgIpc) is 3.19. The largest absolute Gasteiger partial charge is 0.490 e. The van der Waals surface area contributed by atoms with Crippen LogP contribution < -0.4 is 0 Å². The number of thiophene rings is 1. The molecule has 0 aromatic carbocycles. The Morgan fingerprint density at radius 3 is 2.31 bits per heavy atom. The molecule has 0 radical (unpaired) electrons. The van der Waals surface area contributed by atoms with E-state index in [2.05, 4.69) is 24.0 Å². The van der Waals surface area contributed by atoms with Crippen LogP contribution in [0.3, 0.4) is 0 Å². The van der Waals surface area contributed by atoms with Gasteiger partial charge in [0.2, 0.25) is 5.91 Å². The summed E-state index contributed by atoms with van der Waals surface area (Å²) in [5.74, 6) is -2.39. The number of aryl methyl sites for hydroxylation is 1. The second kappa shape index (κ2) is 9.90. The minimum absolute atomic E-state index is 0.0738. The summed E-state index contributed by atoms with van der Waals surface area (Å²) in [6.07, 6.45) is -2.03. The van der Waals surface area contributed by atoms with Crippen LogP contribution in [0.2, 0.25) is 0 Å². The normalized spacial score (nSPS) is 19.3. The molecule has 1 amide bonds. The van der Waals surface area contributed by atoms with Crippen LogP contribution in [0.5, 0.6) is 0 Å². The number of halogens is 3. The number of ether oxygens (including phenoxy) is 1. The lowest BCUT2D eigenvalue weighted by Crippen LogP contribution is -2.44. The molecule has 0 atom stereocenters. The van der Waals surface area contributed by atoms with Gasteiger partial charge in [-0.1, -0.05) is 0 Å². The smallest absolute Gasteiger partial charge is 0.475 e. The maximum atomic E-state index is 12.7. The molecule has 164 valence electrons. The molecule has 3 heterocycles. The van der Waals surface area contributed by atoms with Crippen LogP contribution in [0.1, 0.15) is 29.0 Å². The van der Waals surface area contributed by atoms with Crippen LogP contribution in [0.25, 0.3) is 0 Å². The molecule has 1 N–H and O–H groups in total. The molecule has 1 aromatic rings. The summed E-state index contributed by atoms with van der Waals surface area (Å²) in [6.45, 7) is 7.58. The van der Waals surface area contributed by atoms with Gasteiger partial charge in [0.25, 0.3) is 0 Å². The molecular weight excluding hydrogens is 409 g/mol. The van der Waals surface area contributed by atoms with Gasteiger partial charge in [-0.15, -0.1) is 11.3 Å². The minimum Gasteiger partial charge on any atom is -0.475 e. The van der Waals surface area contributed by atoms with E-state index in [-0.39, 0.29) is 5.41 Å². The second-order valence-corrected chi connectivity index (χ2v) is 8.78. The number of likely N-dealkylation sites (tertiary alicyclic amines) is 2. The fourth-order valence-electron chi connectivity index (χ4n) is 3.70. The van der Waals surface area contributed by atoms with E-state index in [0.29, 0.717) is 12.5 Å². The first kappa shape index (κ1) is 23.6. The molecule has 2 fully saturated rings. The van der Waals surface area contributed by atoms with E-state index in [9.17, 15) is 18.0 Å². The molecule has 0 aliphatic carbocycles. The van der Waals surface area contributed by atoms with Gasteiger partial charge >= 0.3 is 12.1 Å². The van der Waals surface area contributed by atoms with Gasteiger partial charge in [0.15, 0.2) is 0 Å². The van der Waals surface area contributed by atoms with Crippen molar-refractivity contribution in [2.24, 2.45) is 5.41 Å². The van der Waals surface area contributed by atoms with Crippen molar-refractivity contribution in [3.63, 3.8) is 0 Å². The van der Waals surface area contributed by atoms with Gasteiger partial charge in [-0.2, -0.15) is 13.2 Å². The lowest BCUT2D eigenvalue weighted by atomic mass is 9.77. The summed E-state index contributed by atoms with van der Waals surface area (Å²) in [4.78, 5) is 28.9. The Morgan fingerprint density at radius 2 is 1.83 bits per heavy atom. The summed E-state index contributed by atoms with van der Waals surface area (Å²) in [5, 5.41) is 7.12. The lowest BCUT2D eigenvalue weighted by molar-refractivity contribution is -0.192. The highest BCUT2D eigenvalue weighted by Crippen LogP contribution is 2.41. The standard InChI is InChI=1S/C17H26N2O2S.C2HF3O2/c1-14-3-4-15(22-14)13-18-8-5-17(6-9-18)7-10-19(16(17)20)11-12-21-2;3-2(4,5)1(6)7/h3-4H,5-13H2,1-2H3;(H,6,7). The van der Waals surface area contributed by atoms with Crippen molar-refractivity contribution in [1.29, 1.82) is 0 Å². The van der Waals surface area contributed by atoms with Crippen LogP contribution in [0.15, 0.2) is 12.1 Å². The number of alkyl halides is 3. The zero-order chi connectivity index (χ0) is 21.7. The van der Waals surface area contributed by atoms with E-state index in [0.717, 1.165) is 52.0 Å². The topological polar surface area (TPSA) is 70.1 Å². The molecule has 0 unspecified atom stereocenters. The number of piperidine rings is 1. The Hall–Kier alpha value is -1.65. The van der Waals surface area contributed by atoms with Gasteiger partial charge in [0.1, 0.15) is 0 Å². The molecule has 2 aliphatic heterocycles. The summed E-state index contributed by atoms with van der Waals surface area (Å²) in [5.41, 5.74) is -0.0738. The number of rotatable bonds is 5. The molecule has 2 saturated heterocycles. The van der Waals surface area contributed by atoms with Crippen molar-refractivity contribution in [3.8, 4) is 0 Å². The first-order valence-electron chi connectivity index (χ1n) is 9.43. The van der Waals surface area contributed by atoms with E-state index < -0.39 is 12.1 Å². The number of carboxylic acid groups (broad SMARTS) is 1. The van der Waals surface area contributed by atoms with E-state index in [1.165, 1.54) is 9.75 Å². The number of hydrogen-bond donors (Lipinski definition) is 1. The third kappa shape index (κ3) is 6.42. The summed E-state index contributed by atoms with van der Waals surface area (Å²) in [7, 11) is 1.70. The molecule has 0 saturated carbocycles. The molecule has 0 bridgehead atoms. The first-order chi connectivity index (χ1) is 13.6. The second-order valence-electron chi connectivity index (χ2n) is 7.41. The monoisotopic (exact) mass is 436 g/mol. The number of nitrogens with zero attached hydrogens (tertiary/aromatic N) is 2. The molecule has 1 aromatic heterocycles. The Morgan fingerprint density at radius 1 is 1.24 bits per heavy atom. The predicted molar refractivity (Wildman–Crippen MR) is 103 cm³/mol. The van der Waals surface area contributed by atoms with Crippen molar-refractivity contribution in [2.45, 2.75) is 38.9 Å². The fraction of sp³-hybridized carbons (Fsp3) is 0.684. The average molecular weight is 436 g/mol. The zero-order valence-electron chi connectivity index (χ0n) is 16.6. The van der Waals surface area contributed by atoms with E-state index in [4.69, 9.17) is 14.6 Å². The maximum absolute atomic E-state index is 12.7. The summed E-state index contributed by atoms with van der Waals surface area (Å²) >= 11 is 1.88. The third-order valence-corrected chi connectivity index (χ3v) is 6.38. The van der Waals surface area contributed by atoms with Crippen molar-refractivity contribution >= 4 is 23.2 Å². The van der Waals surface area contributed by atoms with E-state index >= 15 is 0 Å². The number of hydrogen-bond acceptors (Lipinski definition) is 5. The van der Waals surface area contributed by atoms with Gasteiger partial charge in [-0.25, -0.2) is 4.79 Å². The highest BCUT2D eigenvalue weighted by molar-refractivity contribution is 7.11. The third-order valence-electron chi connectivity index (χ3n) is 5.40. The number of aliphatic carboxylic acids is 1. The van der Waals surface area contributed by atoms with Crippen LogP contribution in [0.4, 0.5) is 13.2 Å². The lowest BCUT2D eigenvalue weighted by Gasteiger charge is -2.37. The van der Waals surface area contributed by atoms with Crippen molar-refractivity contribution in [3.05, 3.63) is 21.9 Å². The number of carbonyl (C=O) groups is 2. The highest BCUT2D eigenvalue weighted by atomic mass is 32.1. The van der Waals surface area contributed by atoms with Crippen LogP contribution in [-0.2, 0) is 20.9 Å². The zero-order valence-corrected chi connectivity index (χ0v) is 17.4. The first-order valence-corrected chi connectivity index (χ1v) is 10.3. The molecule has 3 rings (SSSR count). The summed E-state index contributed by atoms with van der Waals surface area (Å²) < 4.78 is 36.8. The number of methoxy groups -OCH3 is 1. The Bertz CT molecular complexity index is 700. The predicted octanol–water partition coefficient (Wildman–Crippen LogP) is 3.15. The molecule has 29 heavy (non-hydrogen) atoms. The van der Waals surface area contributed by atoms with E-state index in [1.807, 2.05) is 16.2 Å². The van der Waals surface area contributed by atoms with Gasteiger partial charge in [-0.05, 0) is 51.4 Å². The Labute approximate surface area is 172 Å². The van der Waals surface area contributed by atoms with Crippen molar-refractivity contribution in [1.82, 2.24) is 9.80 Å². The van der Waals surface area contributed by atoms with E-state index in [1.54, 1.807) is 7.11 Å². The van der Waals surface area contributed by atoms with Gasteiger partial charge in [0, 0.05) is 36.5 Å². The van der Waals surface area contributed by atoms with Gasteiger partial charge < -0.3 is 14.7 Å². The number of carboxylic acids is 1. The van der Waals surface area contributed by atoms with Crippen molar-refractivity contribution < 1.29 is 32.6 Å². The molecule has 1 spiro atoms. The number of carbonyl (C=O) groups excluding carboxylic acids is 1. The van der Waals surface area contributed by atoms with Crippen LogP contribution in [0, 0.1) is 12.3 Å². The molecule has 10 heteroatoms. The van der Waals surface area contributed by atoms with Crippen LogP contribution in [-0.4, -0.2) is 72.9 Å². The minimum atomic E-state index is -5.08. The molecular formula is C19H27F3N2O4S. The van der Waals surface area contributed by atoms with Gasteiger partial charge in [0.05, 0.1) is 12.0 Å². The molecule has 6 nitrogen and oxygen atoms in total. The Balaban J connectivity index is 0.000000370. The highest BCUT2D eigenvalue weighted by Gasteiger charge is 2.47. The summed E-state index contributed by atoms with van der Waals surface area (Å²) in [6, 6.07) is 4.43. The SMILES string of the molecule is COCCN1CCC2(CCN(Cc3ccc(C)s3)CC2)C1=O.O=C(O)C(F)(F)F. The Kier molecular flexibility index (Phi) is 8.07.